The number of halogens is 1. The van der Waals surface area contributed by atoms with E-state index in [9.17, 15) is 9.59 Å². The van der Waals surface area contributed by atoms with E-state index in [0.717, 1.165) is 11.1 Å². The molecule has 0 spiro atoms. The first-order chi connectivity index (χ1) is 14.0. The third-order valence-electron chi connectivity index (χ3n) is 4.53. The van der Waals surface area contributed by atoms with Crippen LogP contribution in [-0.2, 0) is 24.3 Å². The van der Waals surface area contributed by atoms with Crippen LogP contribution in [0.25, 0.3) is 22.4 Å². The van der Waals surface area contributed by atoms with Gasteiger partial charge in [0.05, 0.1) is 24.0 Å². The van der Waals surface area contributed by atoms with Gasteiger partial charge in [0.15, 0.2) is 0 Å². The molecule has 0 fully saturated rings. The van der Waals surface area contributed by atoms with Crippen LogP contribution >= 0.6 is 11.6 Å². The van der Waals surface area contributed by atoms with Crippen LogP contribution in [0.3, 0.4) is 0 Å². The Morgan fingerprint density at radius 1 is 1.24 bits per heavy atom. The first kappa shape index (κ1) is 18.9. The maximum Gasteiger partial charge on any atom is 0.326 e. The van der Waals surface area contributed by atoms with E-state index in [2.05, 4.69) is 20.4 Å². The van der Waals surface area contributed by atoms with Crippen LogP contribution in [0.5, 0.6) is 0 Å². The van der Waals surface area contributed by atoms with Crippen molar-refractivity contribution in [3.63, 3.8) is 0 Å². The number of rotatable bonds is 6. The van der Waals surface area contributed by atoms with Gasteiger partial charge in [0, 0.05) is 17.1 Å². The minimum atomic E-state index is -0.160. The van der Waals surface area contributed by atoms with Gasteiger partial charge in [-0.1, -0.05) is 28.9 Å². The Balaban J connectivity index is 1.43. The van der Waals surface area contributed by atoms with Crippen LogP contribution in [0.2, 0.25) is 5.02 Å². The first-order valence-corrected chi connectivity index (χ1v) is 9.48. The molecule has 4 aromatic rings. The Bertz CT molecular complexity index is 1220. The lowest BCUT2D eigenvalue weighted by molar-refractivity contribution is -0.120. The van der Waals surface area contributed by atoms with E-state index in [1.165, 1.54) is 0 Å². The normalized spacial score (nSPS) is 11.1. The smallest absolute Gasteiger partial charge is 0.326 e. The summed E-state index contributed by atoms with van der Waals surface area (Å²) in [5, 5.41) is 7.35. The molecule has 2 aromatic heterocycles. The largest absolute Gasteiger partial charge is 0.347 e. The van der Waals surface area contributed by atoms with E-state index in [-0.39, 0.29) is 24.6 Å². The van der Waals surface area contributed by atoms with Gasteiger partial charge in [-0.25, -0.2) is 4.79 Å². The zero-order chi connectivity index (χ0) is 20.4. The molecular formula is C20H18ClN5O3. The van der Waals surface area contributed by atoms with Gasteiger partial charge in [-0.15, -0.1) is 0 Å². The van der Waals surface area contributed by atoms with Gasteiger partial charge in [-0.3, -0.25) is 9.36 Å². The fourth-order valence-electron chi connectivity index (χ4n) is 3.08. The summed E-state index contributed by atoms with van der Waals surface area (Å²) in [4.78, 5) is 31.2. The summed E-state index contributed by atoms with van der Waals surface area (Å²) >= 11 is 5.84. The maximum atomic E-state index is 12.1. The van der Waals surface area contributed by atoms with Crippen LogP contribution in [-0.4, -0.2) is 25.6 Å². The Kier molecular flexibility index (Phi) is 5.18. The predicted octanol–water partition coefficient (Wildman–Crippen LogP) is 2.91. The second-order valence-corrected chi connectivity index (χ2v) is 6.93. The standard InChI is InChI=1S/C20H18ClN5O3/c1-2-26-16-8-5-13(10-15(16)23-20(26)28)19-24-18(29-25-19)11-22-17(27)9-12-3-6-14(21)7-4-12/h3-8,10H,2,9,11H2,1H3,(H,22,27)(H,23,28). The molecule has 0 unspecified atom stereocenters. The molecule has 2 N–H and O–H groups in total. The molecule has 2 aromatic carbocycles. The number of aromatic nitrogens is 4. The van der Waals surface area contributed by atoms with E-state index < -0.39 is 0 Å². The summed E-state index contributed by atoms with van der Waals surface area (Å²) in [6, 6.07) is 12.6. The van der Waals surface area contributed by atoms with E-state index in [0.29, 0.717) is 34.4 Å². The van der Waals surface area contributed by atoms with Crippen LogP contribution < -0.4 is 11.0 Å². The summed E-state index contributed by atoms with van der Waals surface area (Å²) < 4.78 is 6.88. The molecule has 0 bridgehead atoms. The van der Waals surface area contributed by atoms with E-state index in [1.807, 2.05) is 19.1 Å². The molecule has 0 aliphatic heterocycles. The summed E-state index contributed by atoms with van der Waals surface area (Å²) in [6.45, 7) is 2.63. The Morgan fingerprint density at radius 2 is 2.03 bits per heavy atom. The highest BCUT2D eigenvalue weighted by atomic mass is 35.5. The molecule has 8 nitrogen and oxygen atoms in total. The summed E-state index contributed by atoms with van der Waals surface area (Å²) in [7, 11) is 0. The van der Waals surface area contributed by atoms with Crippen molar-refractivity contribution in [2.45, 2.75) is 26.4 Å². The van der Waals surface area contributed by atoms with Crippen molar-refractivity contribution in [2.75, 3.05) is 0 Å². The minimum Gasteiger partial charge on any atom is -0.347 e. The molecule has 0 atom stereocenters. The van der Waals surface area contributed by atoms with Crippen molar-refractivity contribution >= 4 is 28.5 Å². The van der Waals surface area contributed by atoms with Crippen molar-refractivity contribution < 1.29 is 9.32 Å². The van der Waals surface area contributed by atoms with Crippen molar-refractivity contribution in [3.05, 3.63) is 69.4 Å². The molecule has 0 aliphatic carbocycles. The van der Waals surface area contributed by atoms with Crippen molar-refractivity contribution in [1.82, 2.24) is 25.0 Å². The average Bonchev–Trinajstić information content (AvgIpc) is 3.31. The second-order valence-electron chi connectivity index (χ2n) is 6.50. The lowest BCUT2D eigenvalue weighted by Gasteiger charge is -2.02. The number of hydrogen-bond donors (Lipinski definition) is 2. The molecule has 1 amide bonds. The zero-order valence-corrected chi connectivity index (χ0v) is 16.4. The predicted molar refractivity (Wildman–Crippen MR) is 109 cm³/mol. The average molecular weight is 412 g/mol. The lowest BCUT2D eigenvalue weighted by atomic mass is 10.1. The Morgan fingerprint density at radius 3 is 2.79 bits per heavy atom. The fourth-order valence-corrected chi connectivity index (χ4v) is 3.21. The zero-order valence-electron chi connectivity index (χ0n) is 15.6. The van der Waals surface area contributed by atoms with Gasteiger partial charge in [-0.05, 0) is 42.8 Å². The highest BCUT2D eigenvalue weighted by molar-refractivity contribution is 6.30. The molecule has 0 saturated heterocycles. The molecule has 2 heterocycles. The first-order valence-electron chi connectivity index (χ1n) is 9.10. The molecule has 0 radical (unpaired) electrons. The number of carbonyl (C=O) groups is 1. The maximum absolute atomic E-state index is 12.1. The third-order valence-corrected chi connectivity index (χ3v) is 4.78. The highest BCUT2D eigenvalue weighted by Gasteiger charge is 2.13. The lowest BCUT2D eigenvalue weighted by Crippen LogP contribution is -2.24. The van der Waals surface area contributed by atoms with Gasteiger partial charge in [0.25, 0.3) is 0 Å². The fraction of sp³-hybridized carbons (Fsp3) is 0.200. The number of nitrogens with zero attached hydrogens (tertiary/aromatic N) is 3. The van der Waals surface area contributed by atoms with Crippen LogP contribution in [0, 0.1) is 0 Å². The van der Waals surface area contributed by atoms with Gasteiger partial charge in [0.1, 0.15) is 0 Å². The number of benzene rings is 2. The number of hydrogen-bond acceptors (Lipinski definition) is 5. The minimum absolute atomic E-state index is 0.130. The molecule has 9 heteroatoms. The van der Waals surface area contributed by atoms with Crippen LogP contribution in [0.1, 0.15) is 18.4 Å². The number of H-pyrrole nitrogens is 1. The SMILES string of the molecule is CCn1c(=O)[nH]c2cc(-c3noc(CNC(=O)Cc4ccc(Cl)cc4)n3)ccc21. The number of imidazole rings is 1. The van der Waals surface area contributed by atoms with Gasteiger partial charge >= 0.3 is 5.69 Å². The number of carbonyl (C=O) groups excluding carboxylic acids is 1. The van der Waals surface area contributed by atoms with E-state index >= 15 is 0 Å². The number of aryl methyl sites for hydroxylation is 1. The summed E-state index contributed by atoms with van der Waals surface area (Å²) in [6.07, 6.45) is 0.233. The van der Waals surface area contributed by atoms with E-state index in [4.69, 9.17) is 16.1 Å². The Hall–Kier alpha value is -3.39. The topological polar surface area (TPSA) is 106 Å². The molecule has 4 rings (SSSR count). The highest BCUT2D eigenvalue weighted by Crippen LogP contribution is 2.21. The molecule has 0 aliphatic rings. The molecule has 29 heavy (non-hydrogen) atoms. The monoisotopic (exact) mass is 411 g/mol. The number of aromatic amines is 1. The number of fused-ring (bicyclic) bond motifs is 1. The van der Waals surface area contributed by atoms with Gasteiger partial charge in [0.2, 0.25) is 17.6 Å². The quantitative estimate of drug-likeness (QED) is 0.507. The third kappa shape index (κ3) is 4.07. The molecule has 0 saturated carbocycles. The summed E-state index contributed by atoms with van der Waals surface area (Å²) in [5.74, 6) is 0.523. The van der Waals surface area contributed by atoms with Gasteiger partial charge < -0.3 is 14.8 Å². The van der Waals surface area contributed by atoms with E-state index in [1.54, 1.807) is 34.9 Å². The van der Waals surface area contributed by atoms with Crippen molar-refractivity contribution in [1.29, 1.82) is 0 Å². The van der Waals surface area contributed by atoms with Gasteiger partial charge in [-0.2, -0.15) is 4.98 Å². The number of nitrogens with one attached hydrogen (secondary N) is 2. The molecular weight excluding hydrogens is 394 g/mol. The van der Waals surface area contributed by atoms with Crippen LogP contribution in [0.4, 0.5) is 0 Å². The summed E-state index contributed by atoms with van der Waals surface area (Å²) in [5.41, 5.74) is 2.94. The van der Waals surface area contributed by atoms with Crippen molar-refractivity contribution in [3.8, 4) is 11.4 Å². The van der Waals surface area contributed by atoms with Crippen molar-refractivity contribution in [2.24, 2.45) is 0 Å². The second kappa shape index (κ2) is 7.92. The number of amides is 1. The molecule has 148 valence electrons. The Labute approximate surface area is 170 Å². The van der Waals surface area contributed by atoms with Crippen LogP contribution in [0.15, 0.2) is 51.8 Å².